The number of pyridine rings is 1. The second-order valence-corrected chi connectivity index (χ2v) is 4.58. The number of methoxy groups -OCH3 is 2. The summed E-state index contributed by atoms with van der Waals surface area (Å²) in [5.74, 6) is 0. The highest BCUT2D eigenvalue weighted by Gasteiger charge is 2.24. The molecule has 19 heavy (non-hydrogen) atoms. The first kappa shape index (κ1) is 16.0. The van der Waals surface area contributed by atoms with E-state index in [1.54, 1.807) is 20.4 Å². The zero-order valence-electron chi connectivity index (χ0n) is 12.1. The van der Waals surface area contributed by atoms with Crippen LogP contribution >= 0.6 is 0 Å². The maximum absolute atomic E-state index is 6.15. The van der Waals surface area contributed by atoms with Gasteiger partial charge in [0.2, 0.25) is 0 Å². The number of hydrogen-bond acceptors (Lipinski definition) is 5. The molecule has 108 valence electrons. The third kappa shape index (κ3) is 5.24. The Morgan fingerprint density at radius 3 is 2.26 bits per heavy atom. The van der Waals surface area contributed by atoms with Crippen LogP contribution in [0.4, 0.5) is 0 Å². The molecule has 1 rings (SSSR count). The molecule has 0 aliphatic rings. The van der Waals surface area contributed by atoms with E-state index in [-0.39, 0.29) is 12.1 Å². The van der Waals surface area contributed by atoms with Crippen LogP contribution in [0.3, 0.4) is 0 Å². The van der Waals surface area contributed by atoms with Crippen molar-refractivity contribution in [3.63, 3.8) is 0 Å². The number of aromatic nitrogens is 1. The van der Waals surface area contributed by atoms with Crippen molar-refractivity contribution in [2.45, 2.75) is 19.0 Å². The summed E-state index contributed by atoms with van der Waals surface area (Å²) in [4.78, 5) is 6.70. The van der Waals surface area contributed by atoms with Crippen LogP contribution in [-0.4, -0.2) is 56.4 Å². The summed E-state index contributed by atoms with van der Waals surface area (Å²) < 4.78 is 10.3. The molecular formula is C14H25N3O2. The molecule has 5 heteroatoms. The summed E-state index contributed by atoms with van der Waals surface area (Å²) >= 11 is 0. The SMILES string of the molecule is COCCN(CCOC)C(c1ccccn1)C(C)N. The molecule has 0 aromatic carbocycles. The maximum atomic E-state index is 6.15. The lowest BCUT2D eigenvalue weighted by atomic mass is 10.0. The Balaban J connectivity index is 2.84. The summed E-state index contributed by atoms with van der Waals surface area (Å²) in [5.41, 5.74) is 7.14. The van der Waals surface area contributed by atoms with Gasteiger partial charge < -0.3 is 15.2 Å². The third-order valence-electron chi connectivity index (χ3n) is 3.05. The van der Waals surface area contributed by atoms with Crippen LogP contribution in [0.2, 0.25) is 0 Å². The highest BCUT2D eigenvalue weighted by Crippen LogP contribution is 2.21. The molecule has 0 radical (unpaired) electrons. The van der Waals surface area contributed by atoms with Gasteiger partial charge >= 0.3 is 0 Å². The first-order valence-electron chi connectivity index (χ1n) is 6.59. The van der Waals surface area contributed by atoms with Crippen LogP contribution in [0.5, 0.6) is 0 Å². The lowest BCUT2D eigenvalue weighted by molar-refractivity contribution is 0.0787. The van der Waals surface area contributed by atoms with Crippen molar-refractivity contribution >= 4 is 0 Å². The predicted octanol–water partition coefficient (Wildman–Crippen LogP) is 1.06. The first-order valence-corrected chi connectivity index (χ1v) is 6.59. The molecule has 1 aromatic heterocycles. The standard InChI is InChI=1S/C14H25N3O2/c1-12(15)14(13-6-4-5-7-16-13)17(8-10-18-2)9-11-19-3/h4-7,12,14H,8-11,15H2,1-3H3. The molecule has 1 heterocycles. The fourth-order valence-electron chi connectivity index (χ4n) is 2.15. The third-order valence-corrected chi connectivity index (χ3v) is 3.05. The Hall–Kier alpha value is -1.01. The second kappa shape index (κ2) is 8.98. The van der Waals surface area contributed by atoms with Gasteiger partial charge in [-0.1, -0.05) is 6.07 Å². The number of hydrogen-bond donors (Lipinski definition) is 1. The van der Waals surface area contributed by atoms with E-state index < -0.39 is 0 Å². The summed E-state index contributed by atoms with van der Waals surface area (Å²) in [7, 11) is 3.41. The van der Waals surface area contributed by atoms with E-state index in [0.29, 0.717) is 13.2 Å². The molecule has 5 nitrogen and oxygen atoms in total. The Morgan fingerprint density at radius 1 is 1.21 bits per heavy atom. The Labute approximate surface area is 115 Å². The van der Waals surface area contributed by atoms with Gasteiger partial charge in [0.15, 0.2) is 0 Å². The smallest absolute Gasteiger partial charge is 0.0672 e. The Kier molecular flexibility index (Phi) is 7.59. The van der Waals surface area contributed by atoms with Crippen LogP contribution in [-0.2, 0) is 9.47 Å². The molecule has 0 saturated heterocycles. The lowest BCUT2D eigenvalue weighted by Crippen LogP contribution is -2.43. The van der Waals surface area contributed by atoms with Crippen molar-refractivity contribution in [2.24, 2.45) is 5.73 Å². The summed E-state index contributed by atoms with van der Waals surface area (Å²) in [6.45, 7) is 4.96. The summed E-state index contributed by atoms with van der Waals surface area (Å²) in [6, 6.07) is 5.98. The van der Waals surface area contributed by atoms with Gasteiger partial charge in [-0.3, -0.25) is 9.88 Å². The molecule has 0 aliphatic carbocycles. The zero-order valence-corrected chi connectivity index (χ0v) is 12.1. The Bertz CT molecular complexity index is 325. The minimum Gasteiger partial charge on any atom is -0.383 e. The normalized spacial score (nSPS) is 14.6. The van der Waals surface area contributed by atoms with E-state index in [0.717, 1.165) is 18.8 Å². The van der Waals surface area contributed by atoms with Gasteiger partial charge in [-0.25, -0.2) is 0 Å². The van der Waals surface area contributed by atoms with Gasteiger partial charge in [0.25, 0.3) is 0 Å². The molecular weight excluding hydrogens is 242 g/mol. The molecule has 0 aliphatic heterocycles. The highest BCUT2D eigenvalue weighted by molar-refractivity contribution is 5.11. The highest BCUT2D eigenvalue weighted by atomic mass is 16.5. The average Bonchev–Trinajstić information content (AvgIpc) is 2.42. The van der Waals surface area contributed by atoms with E-state index >= 15 is 0 Å². The number of nitrogens with zero attached hydrogens (tertiary/aromatic N) is 2. The summed E-state index contributed by atoms with van der Waals surface area (Å²) in [6.07, 6.45) is 1.80. The van der Waals surface area contributed by atoms with E-state index in [2.05, 4.69) is 9.88 Å². The average molecular weight is 267 g/mol. The molecule has 1 aromatic rings. The van der Waals surface area contributed by atoms with Crippen LogP contribution in [0.25, 0.3) is 0 Å². The molecule has 0 bridgehead atoms. The van der Waals surface area contributed by atoms with Crippen LogP contribution in [0.15, 0.2) is 24.4 Å². The monoisotopic (exact) mass is 267 g/mol. The van der Waals surface area contributed by atoms with Crippen molar-refractivity contribution in [2.75, 3.05) is 40.5 Å². The molecule has 0 saturated carbocycles. The van der Waals surface area contributed by atoms with Crippen molar-refractivity contribution < 1.29 is 9.47 Å². The van der Waals surface area contributed by atoms with E-state index in [4.69, 9.17) is 15.2 Å². The first-order chi connectivity index (χ1) is 9.20. The quantitative estimate of drug-likeness (QED) is 0.725. The van der Waals surface area contributed by atoms with Gasteiger partial charge in [0.05, 0.1) is 24.9 Å². The van der Waals surface area contributed by atoms with Crippen molar-refractivity contribution in [1.29, 1.82) is 0 Å². The predicted molar refractivity (Wildman–Crippen MR) is 76.0 cm³/mol. The van der Waals surface area contributed by atoms with Gasteiger partial charge in [-0.05, 0) is 19.1 Å². The van der Waals surface area contributed by atoms with Gasteiger partial charge in [0, 0.05) is 39.5 Å². The van der Waals surface area contributed by atoms with E-state index in [1.165, 1.54) is 0 Å². The van der Waals surface area contributed by atoms with Crippen LogP contribution < -0.4 is 5.73 Å². The molecule has 2 atom stereocenters. The number of nitrogens with two attached hydrogens (primary N) is 1. The zero-order chi connectivity index (χ0) is 14.1. The number of ether oxygens (including phenoxy) is 2. The van der Waals surface area contributed by atoms with Gasteiger partial charge in [0.1, 0.15) is 0 Å². The van der Waals surface area contributed by atoms with Crippen molar-refractivity contribution in [3.05, 3.63) is 30.1 Å². The minimum atomic E-state index is -0.0105. The molecule has 0 amide bonds. The largest absolute Gasteiger partial charge is 0.383 e. The second-order valence-electron chi connectivity index (χ2n) is 4.58. The van der Waals surface area contributed by atoms with Gasteiger partial charge in [-0.2, -0.15) is 0 Å². The fourth-order valence-corrected chi connectivity index (χ4v) is 2.15. The number of rotatable bonds is 9. The van der Waals surface area contributed by atoms with Crippen LogP contribution in [0, 0.1) is 0 Å². The van der Waals surface area contributed by atoms with Crippen molar-refractivity contribution in [1.82, 2.24) is 9.88 Å². The molecule has 2 N–H and O–H groups in total. The Morgan fingerprint density at radius 2 is 1.84 bits per heavy atom. The van der Waals surface area contributed by atoms with E-state index in [1.807, 2.05) is 25.1 Å². The van der Waals surface area contributed by atoms with E-state index in [9.17, 15) is 0 Å². The molecule has 0 fully saturated rings. The maximum Gasteiger partial charge on any atom is 0.0672 e. The molecule has 2 unspecified atom stereocenters. The van der Waals surface area contributed by atoms with Crippen LogP contribution in [0.1, 0.15) is 18.7 Å². The minimum absolute atomic E-state index is 0.0105. The fraction of sp³-hybridized carbons (Fsp3) is 0.643. The topological polar surface area (TPSA) is 60.6 Å². The lowest BCUT2D eigenvalue weighted by Gasteiger charge is -2.33. The van der Waals surface area contributed by atoms with Gasteiger partial charge in [-0.15, -0.1) is 0 Å². The van der Waals surface area contributed by atoms with Crippen molar-refractivity contribution in [3.8, 4) is 0 Å². The molecule has 0 spiro atoms. The summed E-state index contributed by atoms with van der Waals surface area (Å²) in [5, 5.41) is 0.